The fraction of sp³-hybridized carbons (Fsp3) is 0.500. The zero-order chi connectivity index (χ0) is 12.6. The van der Waals surface area contributed by atoms with Crippen LogP contribution >= 0.6 is 0 Å². The van der Waals surface area contributed by atoms with Crippen LogP contribution in [-0.2, 0) is 25.5 Å². The van der Waals surface area contributed by atoms with Gasteiger partial charge < -0.3 is 14.1 Å². The van der Waals surface area contributed by atoms with Gasteiger partial charge in [-0.25, -0.2) is 4.98 Å². The van der Waals surface area contributed by atoms with Crippen LogP contribution in [-0.4, -0.2) is 14.7 Å². The molecule has 0 bridgehead atoms. The van der Waals surface area contributed by atoms with Crippen molar-refractivity contribution in [1.82, 2.24) is 9.55 Å². The van der Waals surface area contributed by atoms with Gasteiger partial charge in [0.2, 0.25) is 0 Å². The maximum Gasteiger partial charge on any atom is 0.109 e. The smallest absolute Gasteiger partial charge is 0.109 e. The summed E-state index contributed by atoms with van der Waals surface area (Å²) in [6, 6.07) is 1.91. The standard InChI is InChI=1S/C14H18N2O2/c1-16-9-8-15-13(16)4-7-14(17)6-2-3-12-11(14)5-10-18-12/h5,8-10,17H,2-4,6-7H2,1H3. The van der Waals surface area contributed by atoms with Crippen molar-refractivity contribution in [3.05, 3.63) is 41.9 Å². The number of furan rings is 1. The summed E-state index contributed by atoms with van der Waals surface area (Å²) < 4.78 is 7.43. The lowest BCUT2D eigenvalue weighted by atomic mass is 9.80. The first-order valence-electron chi connectivity index (χ1n) is 6.44. The Bertz CT molecular complexity index is 543. The largest absolute Gasteiger partial charge is 0.469 e. The third-order valence-electron chi connectivity index (χ3n) is 3.92. The molecule has 0 amide bonds. The second kappa shape index (κ2) is 4.28. The molecule has 0 spiro atoms. The first-order valence-corrected chi connectivity index (χ1v) is 6.44. The Labute approximate surface area is 106 Å². The topological polar surface area (TPSA) is 51.2 Å². The predicted molar refractivity (Wildman–Crippen MR) is 67.1 cm³/mol. The summed E-state index contributed by atoms with van der Waals surface area (Å²) in [5, 5.41) is 10.8. The van der Waals surface area contributed by atoms with Crippen molar-refractivity contribution in [3.63, 3.8) is 0 Å². The highest BCUT2D eigenvalue weighted by Gasteiger charge is 2.35. The number of hydrogen-bond acceptors (Lipinski definition) is 3. The second-order valence-electron chi connectivity index (χ2n) is 5.10. The third kappa shape index (κ3) is 1.86. The van der Waals surface area contributed by atoms with Crippen LogP contribution < -0.4 is 0 Å². The number of aryl methyl sites for hydroxylation is 3. The van der Waals surface area contributed by atoms with Crippen molar-refractivity contribution in [2.45, 2.75) is 37.7 Å². The molecule has 0 fully saturated rings. The Balaban J connectivity index is 1.79. The molecule has 0 aliphatic heterocycles. The van der Waals surface area contributed by atoms with Crippen molar-refractivity contribution >= 4 is 0 Å². The van der Waals surface area contributed by atoms with Crippen LogP contribution in [0.4, 0.5) is 0 Å². The zero-order valence-electron chi connectivity index (χ0n) is 10.6. The van der Waals surface area contributed by atoms with E-state index < -0.39 is 5.60 Å². The number of hydrogen-bond donors (Lipinski definition) is 1. The minimum atomic E-state index is -0.744. The quantitative estimate of drug-likeness (QED) is 0.903. The predicted octanol–water partition coefficient (Wildman–Crippen LogP) is 2.17. The molecule has 4 heteroatoms. The van der Waals surface area contributed by atoms with Crippen molar-refractivity contribution in [2.24, 2.45) is 7.05 Å². The van der Waals surface area contributed by atoms with E-state index in [2.05, 4.69) is 4.98 Å². The summed E-state index contributed by atoms with van der Waals surface area (Å²) in [4.78, 5) is 4.30. The van der Waals surface area contributed by atoms with E-state index in [0.717, 1.165) is 42.8 Å². The molecule has 0 saturated heterocycles. The molecule has 0 radical (unpaired) electrons. The van der Waals surface area contributed by atoms with E-state index in [-0.39, 0.29) is 0 Å². The van der Waals surface area contributed by atoms with Gasteiger partial charge in [0.15, 0.2) is 0 Å². The Morgan fingerprint density at radius 3 is 3.22 bits per heavy atom. The fourth-order valence-electron chi connectivity index (χ4n) is 2.84. The molecule has 2 heterocycles. The summed E-state index contributed by atoms with van der Waals surface area (Å²) in [5.41, 5.74) is 0.231. The second-order valence-corrected chi connectivity index (χ2v) is 5.10. The van der Waals surface area contributed by atoms with Crippen molar-refractivity contribution in [3.8, 4) is 0 Å². The van der Waals surface area contributed by atoms with E-state index >= 15 is 0 Å². The van der Waals surface area contributed by atoms with Crippen molar-refractivity contribution < 1.29 is 9.52 Å². The van der Waals surface area contributed by atoms with E-state index in [1.165, 1.54) is 0 Å². The Kier molecular flexibility index (Phi) is 2.74. The average molecular weight is 246 g/mol. The minimum Gasteiger partial charge on any atom is -0.469 e. The number of aromatic nitrogens is 2. The van der Waals surface area contributed by atoms with Crippen LogP contribution in [0.25, 0.3) is 0 Å². The molecule has 0 saturated carbocycles. The van der Waals surface area contributed by atoms with E-state index in [0.29, 0.717) is 6.42 Å². The number of imidazole rings is 1. The maximum absolute atomic E-state index is 10.8. The van der Waals surface area contributed by atoms with Crippen molar-refractivity contribution in [1.29, 1.82) is 0 Å². The molecular formula is C14H18N2O2. The molecule has 4 nitrogen and oxygen atoms in total. The lowest BCUT2D eigenvalue weighted by Gasteiger charge is -2.31. The molecule has 1 aliphatic rings. The molecule has 2 aromatic rings. The highest BCUT2D eigenvalue weighted by atomic mass is 16.3. The van der Waals surface area contributed by atoms with Crippen LogP contribution in [0.1, 0.15) is 36.4 Å². The van der Waals surface area contributed by atoms with Gasteiger partial charge in [-0.1, -0.05) is 0 Å². The van der Waals surface area contributed by atoms with Gasteiger partial charge in [-0.3, -0.25) is 0 Å². The first kappa shape index (κ1) is 11.5. The van der Waals surface area contributed by atoms with Gasteiger partial charge in [0, 0.05) is 37.8 Å². The highest BCUT2D eigenvalue weighted by Crippen LogP contribution is 2.39. The molecule has 3 rings (SSSR count). The summed E-state index contributed by atoms with van der Waals surface area (Å²) in [7, 11) is 1.98. The van der Waals surface area contributed by atoms with Gasteiger partial charge in [-0.15, -0.1) is 0 Å². The molecule has 18 heavy (non-hydrogen) atoms. The van der Waals surface area contributed by atoms with Crippen LogP contribution in [0.3, 0.4) is 0 Å². The lowest BCUT2D eigenvalue weighted by molar-refractivity contribution is 0.00766. The summed E-state index contributed by atoms with van der Waals surface area (Å²) in [6.45, 7) is 0. The van der Waals surface area contributed by atoms with Crippen molar-refractivity contribution in [2.75, 3.05) is 0 Å². The Morgan fingerprint density at radius 1 is 1.56 bits per heavy atom. The highest BCUT2D eigenvalue weighted by molar-refractivity contribution is 5.27. The minimum absolute atomic E-state index is 0.699. The van der Waals surface area contributed by atoms with Gasteiger partial charge >= 0.3 is 0 Å². The molecule has 0 aromatic carbocycles. The molecule has 1 aliphatic carbocycles. The SMILES string of the molecule is Cn1ccnc1CCC1(O)CCCc2occc21. The van der Waals surface area contributed by atoms with Gasteiger partial charge in [0.05, 0.1) is 11.9 Å². The number of aliphatic hydroxyl groups is 1. The lowest BCUT2D eigenvalue weighted by Crippen LogP contribution is -2.30. The monoisotopic (exact) mass is 246 g/mol. The molecule has 2 aromatic heterocycles. The van der Waals surface area contributed by atoms with Crippen LogP contribution in [0.2, 0.25) is 0 Å². The van der Waals surface area contributed by atoms with E-state index in [9.17, 15) is 5.11 Å². The van der Waals surface area contributed by atoms with Gasteiger partial charge in [0.1, 0.15) is 11.6 Å². The van der Waals surface area contributed by atoms with Crippen LogP contribution in [0.15, 0.2) is 29.1 Å². The average Bonchev–Trinajstić information content (AvgIpc) is 2.96. The Morgan fingerprint density at radius 2 is 2.44 bits per heavy atom. The van der Waals surface area contributed by atoms with Gasteiger partial charge in [0.25, 0.3) is 0 Å². The summed E-state index contributed by atoms with van der Waals surface area (Å²) in [5.74, 6) is 1.96. The molecule has 1 atom stereocenters. The third-order valence-corrected chi connectivity index (χ3v) is 3.92. The van der Waals surface area contributed by atoms with E-state index in [1.807, 2.05) is 23.9 Å². The maximum atomic E-state index is 10.8. The number of fused-ring (bicyclic) bond motifs is 1. The molecule has 1 N–H and O–H groups in total. The van der Waals surface area contributed by atoms with E-state index in [1.54, 1.807) is 12.5 Å². The van der Waals surface area contributed by atoms with E-state index in [4.69, 9.17) is 4.42 Å². The Hall–Kier alpha value is -1.55. The normalized spacial score (nSPS) is 23.0. The summed E-state index contributed by atoms with van der Waals surface area (Å²) >= 11 is 0. The molecule has 96 valence electrons. The van der Waals surface area contributed by atoms with Gasteiger partial charge in [-0.05, 0) is 25.3 Å². The fourth-order valence-corrected chi connectivity index (χ4v) is 2.84. The molecular weight excluding hydrogens is 228 g/mol. The first-order chi connectivity index (χ1) is 8.69. The number of rotatable bonds is 3. The van der Waals surface area contributed by atoms with Crippen LogP contribution in [0, 0.1) is 0 Å². The number of nitrogens with zero attached hydrogens (tertiary/aromatic N) is 2. The van der Waals surface area contributed by atoms with Gasteiger partial charge in [-0.2, -0.15) is 0 Å². The zero-order valence-corrected chi connectivity index (χ0v) is 10.6. The van der Waals surface area contributed by atoms with Crippen LogP contribution in [0.5, 0.6) is 0 Å². The molecule has 1 unspecified atom stereocenters. The summed E-state index contributed by atoms with van der Waals surface area (Å²) in [6.07, 6.45) is 9.62.